The second-order valence-corrected chi connectivity index (χ2v) is 8.89. The van der Waals surface area contributed by atoms with Gasteiger partial charge in [-0.15, -0.1) is 0 Å². The van der Waals surface area contributed by atoms with E-state index < -0.39 is 0 Å². The molecule has 0 nitrogen and oxygen atoms in total. The molecule has 0 aromatic carbocycles. The van der Waals surface area contributed by atoms with Crippen molar-refractivity contribution in [3.63, 3.8) is 0 Å². The number of hydrogen-bond acceptors (Lipinski definition) is 0. The van der Waals surface area contributed by atoms with Crippen LogP contribution in [0.3, 0.4) is 0 Å². The van der Waals surface area contributed by atoms with Crippen LogP contribution in [0.2, 0.25) is 0 Å². The minimum absolute atomic E-state index is 0. The van der Waals surface area contributed by atoms with Gasteiger partial charge in [-0.05, 0) is 0 Å². The van der Waals surface area contributed by atoms with Crippen molar-refractivity contribution in [3.05, 3.63) is 42.2 Å². The van der Waals surface area contributed by atoms with Crippen LogP contribution in [-0.2, 0) is 19.2 Å². The first kappa shape index (κ1) is 21.3. The third-order valence-corrected chi connectivity index (χ3v) is 7.66. The number of hydrogen-bond donors (Lipinski definition) is 0. The van der Waals surface area contributed by atoms with Gasteiger partial charge in [0, 0.05) is 0 Å². The van der Waals surface area contributed by atoms with Crippen LogP contribution in [0.5, 0.6) is 0 Å². The summed E-state index contributed by atoms with van der Waals surface area (Å²) in [6.45, 7) is 4.65. The zero-order valence-electron chi connectivity index (χ0n) is 14.5. The van der Waals surface area contributed by atoms with E-state index in [1.807, 2.05) is 18.9 Å². The Morgan fingerprint density at radius 1 is 0.783 bits per heavy atom. The molecule has 3 aliphatic rings. The predicted molar refractivity (Wildman–Crippen MR) is 87.7 cm³/mol. The van der Waals surface area contributed by atoms with Gasteiger partial charge in [-0.1, -0.05) is 0 Å². The van der Waals surface area contributed by atoms with E-state index in [2.05, 4.69) is 26.0 Å². The van der Waals surface area contributed by atoms with Gasteiger partial charge < -0.3 is 24.8 Å². The Morgan fingerprint density at radius 2 is 1.22 bits per heavy atom. The zero-order valence-corrected chi connectivity index (χ0v) is 17.6. The van der Waals surface area contributed by atoms with Gasteiger partial charge in [-0.2, -0.15) is 0 Å². The molecular formula is C20H28Cl2Ti. The summed E-state index contributed by atoms with van der Waals surface area (Å²) in [6, 6.07) is 0. The van der Waals surface area contributed by atoms with Gasteiger partial charge in [0.15, 0.2) is 0 Å². The van der Waals surface area contributed by atoms with Crippen molar-refractivity contribution in [2.45, 2.75) is 78.1 Å². The molecule has 23 heavy (non-hydrogen) atoms. The summed E-state index contributed by atoms with van der Waals surface area (Å²) in [7, 11) is 0. The molecule has 126 valence electrons. The van der Waals surface area contributed by atoms with Crippen molar-refractivity contribution in [1.29, 1.82) is 0 Å². The summed E-state index contributed by atoms with van der Waals surface area (Å²) < 4.78 is 3.78. The molecule has 0 saturated heterocycles. The third-order valence-electron chi connectivity index (χ3n) is 5.14. The molecule has 3 rings (SSSR count). The molecule has 1 heterocycles. The van der Waals surface area contributed by atoms with E-state index in [0.717, 1.165) is 0 Å². The van der Waals surface area contributed by atoms with Crippen molar-refractivity contribution < 1.29 is 44.0 Å². The molecule has 0 atom stereocenters. The van der Waals surface area contributed by atoms with Crippen molar-refractivity contribution >= 4 is 0 Å². The van der Waals surface area contributed by atoms with Gasteiger partial charge in [0.2, 0.25) is 0 Å². The maximum absolute atomic E-state index is 2.57. The molecule has 0 spiro atoms. The summed E-state index contributed by atoms with van der Waals surface area (Å²) in [6.07, 6.45) is 18.5. The largest absolute Gasteiger partial charge is 1.00 e. The van der Waals surface area contributed by atoms with Crippen LogP contribution >= 0.6 is 0 Å². The maximum atomic E-state index is 2.57. The number of unbranched alkanes of at least 4 members (excludes halogenated alkanes) is 2. The molecule has 3 heteroatoms. The van der Waals surface area contributed by atoms with Gasteiger partial charge in [0.1, 0.15) is 0 Å². The first-order chi connectivity index (χ1) is 10.3. The fraction of sp³-hybridized carbons (Fsp3) is 0.600. The number of fused-ring (bicyclic) bond motifs is 2. The van der Waals surface area contributed by atoms with Gasteiger partial charge in [-0.3, -0.25) is 0 Å². The van der Waals surface area contributed by atoms with Gasteiger partial charge in [-0.25, -0.2) is 0 Å². The Kier molecular flexibility index (Phi) is 9.53. The van der Waals surface area contributed by atoms with Crippen LogP contribution < -0.4 is 24.8 Å². The molecule has 1 aliphatic heterocycles. The average molecular weight is 387 g/mol. The fourth-order valence-corrected chi connectivity index (χ4v) is 6.44. The summed E-state index contributed by atoms with van der Waals surface area (Å²) in [4.78, 5) is 0. The summed E-state index contributed by atoms with van der Waals surface area (Å²) >= 11 is -0.0120. The van der Waals surface area contributed by atoms with E-state index in [0.29, 0.717) is 0 Å². The molecule has 4 bridgehead atoms. The van der Waals surface area contributed by atoms with E-state index in [9.17, 15) is 0 Å². The molecule has 0 N–H and O–H groups in total. The summed E-state index contributed by atoms with van der Waals surface area (Å²) in [5.74, 6) is 0. The number of halogens is 2. The molecule has 0 radical (unpaired) electrons. The summed E-state index contributed by atoms with van der Waals surface area (Å²) in [5.41, 5.74) is 7.08. The standard InChI is InChI=1S/C20H28.2ClH.Ti/c1-3-5-9-17-11-7-13-19(17)15-16-20-14-8-12-18(20)10-6-4-2;;;/h13-14H,3-10,15-16H2,1-2H3;2*1H;/q;;;+2/p-2. The Hall–Kier alpha value is 0.254. The first-order valence-electron chi connectivity index (χ1n) is 8.93. The van der Waals surface area contributed by atoms with E-state index in [1.165, 1.54) is 64.2 Å². The average Bonchev–Trinajstić information content (AvgIpc) is 3.06. The zero-order chi connectivity index (χ0) is 14.7. The van der Waals surface area contributed by atoms with E-state index in [-0.39, 0.29) is 44.0 Å². The molecule has 0 amide bonds. The quantitative estimate of drug-likeness (QED) is 0.580. The molecule has 0 saturated carbocycles. The summed E-state index contributed by atoms with van der Waals surface area (Å²) in [5, 5.41) is 0. The second kappa shape index (κ2) is 10.3. The van der Waals surface area contributed by atoms with Crippen molar-refractivity contribution in [1.82, 2.24) is 0 Å². The molecule has 0 aromatic heterocycles. The normalized spacial score (nSPS) is 18.7. The van der Waals surface area contributed by atoms with E-state index in [4.69, 9.17) is 0 Å². The SMILES string of the molecule is CCCCC1=[C]2CC=C1CCC1=CC[C](=C1CCCC)[Ti+2]2.[Cl-].[Cl-]. The Labute approximate surface area is 163 Å². The Morgan fingerprint density at radius 3 is 1.61 bits per heavy atom. The number of rotatable bonds is 6. The monoisotopic (exact) mass is 386 g/mol. The van der Waals surface area contributed by atoms with E-state index in [1.54, 1.807) is 11.1 Å². The van der Waals surface area contributed by atoms with E-state index >= 15 is 0 Å². The minimum Gasteiger partial charge on any atom is -1.00 e. The van der Waals surface area contributed by atoms with Gasteiger partial charge >= 0.3 is 139 Å². The first-order valence-corrected chi connectivity index (χ1v) is 10.5. The smallest absolute Gasteiger partial charge is 1.00 e. The molecule has 0 unspecified atom stereocenters. The topological polar surface area (TPSA) is 0 Å². The van der Waals surface area contributed by atoms with Crippen LogP contribution in [0, 0.1) is 0 Å². The van der Waals surface area contributed by atoms with Crippen LogP contribution in [0.15, 0.2) is 42.2 Å². The van der Waals surface area contributed by atoms with Gasteiger partial charge in [0.25, 0.3) is 0 Å². The molecular weight excluding hydrogens is 359 g/mol. The van der Waals surface area contributed by atoms with Crippen LogP contribution in [-0.4, -0.2) is 0 Å². The Bertz CT molecular complexity index is 490. The Balaban J connectivity index is 0.00000132. The predicted octanol–water partition coefficient (Wildman–Crippen LogP) is 0.420. The van der Waals surface area contributed by atoms with Crippen molar-refractivity contribution in [2.75, 3.05) is 0 Å². The van der Waals surface area contributed by atoms with Crippen LogP contribution in [0.25, 0.3) is 0 Å². The minimum atomic E-state index is -0.0120. The second-order valence-electron chi connectivity index (χ2n) is 6.61. The number of allylic oxidation sites excluding steroid dienone is 8. The fourth-order valence-electron chi connectivity index (χ4n) is 3.87. The third kappa shape index (κ3) is 4.88. The molecule has 0 aromatic rings. The van der Waals surface area contributed by atoms with Crippen molar-refractivity contribution in [3.8, 4) is 0 Å². The van der Waals surface area contributed by atoms with Gasteiger partial charge in [0.05, 0.1) is 0 Å². The molecule has 2 aliphatic carbocycles. The maximum Gasteiger partial charge on any atom is -1.00 e. The van der Waals surface area contributed by atoms with Crippen molar-refractivity contribution in [2.24, 2.45) is 0 Å². The molecule has 0 fully saturated rings. The van der Waals surface area contributed by atoms with Crippen LogP contribution in [0.4, 0.5) is 0 Å². The van der Waals surface area contributed by atoms with Crippen LogP contribution in [0.1, 0.15) is 78.1 Å².